The molecule has 2 N–H and O–H groups in total. The second-order valence-corrected chi connectivity index (χ2v) is 12.0. The third-order valence-electron chi connectivity index (χ3n) is 7.68. The lowest BCUT2D eigenvalue weighted by Gasteiger charge is -2.15. The molecule has 5 aromatic rings. The molecule has 0 spiro atoms. The molecule has 0 saturated carbocycles. The van der Waals surface area contributed by atoms with E-state index in [9.17, 15) is 10.2 Å². The van der Waals surface area contributed by atoms with Crippen molar-refractivity contribution in [2.45, 2.75) is 59.0 Å². The molecule has 7 heteroatoms. The van der Waals surface area contributed by atoms with E-state index >= 15 is 0 Å². The first-order valence-corrected chi connectivity index (χ1v) is 16.0. The number of nitrogens with zero attached hydrogens (tertiary/aromatic N) is 1. The third kappa shape index (κ3) is 9.73. The van der Waals surface area contributed by atoms with Gasteiger partial charge in [0.1, 0.15) is 11.5 Å². The zero-order valence-corrected chi connectivity index (χ0v) is 27.6. The zero-order valence-electron chi connectivity index (χ0n) is 27.6. The highest BCUT2D eigenvalue weighted by Gasteiger charge is 2.11. The zero-order chi connectivity index (χ0) is 33.3. The van der Waals surface area contributed by atoms with Crippen LogP contribution in [0.4, 0.5) is 0 Å². The van der Waals surface area contributed by atoms with Gasteiger partial charge in [-0.2, -0.15) is 4.98 Å². The van der Waals surface area contributed by atoms with Crippen LogP contribution < -0.4 is 9.47 Å². The summed E-state index contributed by atoms with van der Waals surface area (Å²) in [5.74, 6) is 2.25. The number of hydrogen-bond acceptors (Lipinski definition) is 7. The number of aliphatic hydroxyl groups is 2. The van der Waals surface area contributed by atoms with Crippen LogP contribution in [0.1, 0.15) is 56.6 Å². The molecule has 1 heterocycles. The van der Waals surface area contributed by atoms with Crippen LogP contribution in [0.15, 0.2) is 109 Å². The van der Waals surface area contributed by atoms with Crippen molar-refractivity contribution in [1.29, 1.82) is 0 Å². The Hall–Kier alpha value is -4.53. The summed E-state index contributed by atoms with van der Waals surface area (Å²) in [4.78, 5) is 4.59. The van der Waals surface area contributed by atoms with E-state index in [4.69, 9.17) is 18.9 Å². The Kier molecular flexibility index (Phi) is 11.4. The van der Waals surface area contributed by atoms with Crippen molar-refractivity contribution in [1.82, 2.24) is 4.98 Å². The number of pyridine rings is 1. The Morgan fingerprint density at radius 3 is 1.15 bits per heavy atom. The van der Waals surface area contributed by atoms with Gasteiger partial charge in [0, 0.05) is 12.1 Å². The average molecular weight is 634 g/mol. The van der Waals surface area contributed by atoms with Crippen LogP contribution in [0.2, 0.25) is 0 Å². The number of aryl methyl sites for hydroxylation is 1. The summed E-state index contributed by atoms with van der Waals surface area (Å²) >= 11 is 0. The van der Waals surface area contributed by atoms with Gasteiger partial charge in [0.15, 0.2) is 0 Å². The highest BCUT2D eigenvalue weighted by Crippen LogP contribution is 2.31. The lowest BCUT2D eigenvalue weighted by molar-refractivity contribution is 0.00449. The minimum Gasteiger partial charge on any atom is -0.439 e. The van der Waals surface area contributed by atoms with Crippen LogP contribution in [-0.4, -0.2) is 40.6 Å². The van der Waals surface area contributed by atoms with Crippen LogP contribution in [0.5, 0.6) is 23.3 Å². The maximum absolute atomic E-state index is 9.47. The monoisotopic (exact) mass is 633 g/mol. The van der Waals surface area contributed by atoms with Crippen molar-refractivity contribution in [3.8, 4) is 45.5 Å². The Morgan fingerprint density at radius 1 is 0.511 bits per heavy atom. The van der Waals surface area contributed by atoms with E-state index in [1.54, 1.807) is 13.8 Å². The highest BCUT2D eigenvalue weighted by atomic mass is 16.5. The van der Waals surface area contributed by atoms with Crippen LogP contribution in [-0.2, 0) is 9.47 Å². The smallest absolute Gasteiger partial charge is 0.222 e. The van der Waals surface area contributed by atoms with E-state index < -0.39 is 12.2 Å². The first-order chi connectivity index (χ1) is 22.6. The topological polar surface area (TPSA) is 90.3 Å². The van der Waals surface area contributed by atoms with Gasteiger partial charge in [-0.25, -0.2) is 0 Å². The molecule has 47 heavy (non-hydrogen) atoms. The van der Waals surface area contributed by atoms with Gasteiger partial charge < -0.3 is 29.2 Å². The normalized spacial score (nSPS) is 13.9. The fraction of sp³-hybridized carbons (Fsp3) is 0.275. The molecule has 0 amide bonds. The molecule has 0 saturated heterocycles. The SMILES string of the molecule is Cc1cc(Oc2ccc(-c3ccc(C(C)OCC(C)O)cc3)cc2)nc(Oc2ccc(-c3ccc(C(C)OCC(C)O)cc3)cc2)c1. The fourth-order valence-electron chi connectivity index (χ4n) is 5.03. The van der Waals surface area contributed by atoms with Crippen LogP contribution >= 0.6 is 0 Å². The van der Waals surface area contributed by atoms with Crippen molar-refractivity contribution in [3.63, 3.8) is 0 Å². The minimum atomic E-state index is -0.487. The summed E-state index contributed by atoms with van der Waals surface area (Å²) in [6.07, 6.45) is -1.16. The predicted molar refractivity (Wildman–Crippen MR) is 185 cm³/mol. The first-order valence-electron chi connectivity index (χ1n) is 16.0. The van der Waals surface area contributed by atoms with Crippen LogP contribution in [0, 0.1) is 6.92 Å². The molecule has 0 aliphatic carbocycles. The van der Waals surface area contributed by atoms with Gasteiger partial charge in [0.05, 0.1) is 37.6 Å². The molecule has 0 bridgehead atoms. The number of ether oxygens (including phenoxy) is 4. The maximum Gasteiger partial charge on any atom is 0.222 e. The molecule has 0 radical (unpaired) electrons. The molecule has 7 nitrogen and oxygen atoms in total. The van der Waals surface area contributed by atoms with E-state index in [-0.39, 0.29) is 12.2 Å². The van der Waals surface area contributed by atoms with Gasteiger partial charge in [-0.3, -0.25) is 0 Å². The van der Waals surface area contributed by atoms with Crippen molar-refractivity contribution >= 4 is 0 Å². The average Bonchev–Trinajstić information content (AvgIpc) is 3.06. The molecule has 4 aromatic carbocycles. The fourth-order valence-corrected chi connectivity index (χ4v) is 5.03. The van der Waals surface area contributed by atoms with Gasteiger partial charge in [0.25, 0.3) is 0 Å². The lowest BCUT2D eigenvalue weighted by atomic mass is 10.0. The number of aromatic nitrogens is 1. The Balaban J connectivity index is 1.19. The molecule has 0 fully saturated rings. The number of benzene rings is 4. The summed E-state index contributed by atoms with van der Waals surface area (Å²) in [6.45, 7) is 9.99. The molecular formula is C40H43NO6. The third-order valence-corrected chi connectivity index (χ3v) is 7.68. The number of aliphatic hydroxyl groups excluding tert-OH is 2. The Labute approximate surface area is 277 Å². The van der Waals surface area contributed by atoms with Gasteiger partial charge >= 0.3 is 0 Å². The van der Waals surface area contributed by atoms with Gasteiger partial charge in [-0.05, 0) is 97.8 Å². The molecule has 244 valence electrons. The van der Waals surface area contributed by atoms with Gasteiger partial charge in [-0.1, -0.05) is 72.8 Å². The van der Waals surface area contributed by atoms with Crippen LogP contribution in [0.3, 0.4) is 0 Å². The second-order valence-electron chi connectivity index (χ2n) is 12.0. The summed E-state index contributed by atoms with van der Waals surface area (Å²) < 4.78 is 23.6. The quantitative estimate of drug-likeness (QED) is 0.126. The van der Waals surface area contributed by atoms with Crippen molar-refractivity contribution in [3.05, 3.63) is 126 Å². The largest absolute Gasteiger partial charge is 0.439 e. The van der Waals surface area contributed by atoms with Crippen molar-refractivity contribution in [2.75, 3.05) is 13.2 Å². The molecular weight excluding hydrogens is 590 g/mol. The summed E-state index contributed by atoms with van der Waals surface area (Å²) in [7, 11) is 0. The first kappa shape index (κ1) is 33.8. The number of hydrogen-bond donors (Lipinski definition) is 2. The number of rotatable bonds is 14. The maximum atomic E-state index is 9.47. The Bertz CT molecular complexity index is 1570. The molecule has 4 unspecified atom stereocenters. The van der Waals surface area contributed by atoms with Gasteiger partial charge in [0.2, 0.25) is 11.8 Å². The van der Waals surface area contributed by atoms with Crippen LogP contribution in [0.25, 0.3) is 22.3 Å². The molecule has 0 aliphatic rings. The Morgan fingerprint density at radius 2 is 0.830 bits per heavy atom. The van der Waals surface area contributed by atoms with E-state index in [2.05, 4.69) is 53.5 Å². The standard InChI is InChI=1S/C40H43NO6/c1-26-22-39(46-37-18-14-35(15-19-37)33-10-6-31(7-11-33)29(4)44-24-27(2)42)41-40(23-26)47-38-20-16-36(17-21-38)34-12-8-32(9-13-34)30(5)45-25-28(3)43/h6-23,27-30,42-43H,24-25H2,1-5H3. The molecule has 4 atom stereocenters. The van der Waals surface area contributed by atoms with Crippen molar-refractivity contribution < 1.29 is 29.2 Å². The molecule has 0 aliphatic heterocycles. The lowest BCUT2D eigenvalue weighted by Crippen LogP contribution is -2.12. The summed E-state index contributed by atoms with van der Waals surface area (Å²) in [6, 6.07) is 36.0. The highest BCUT2D eigenvalue weighted by molar-refractivity contribution is 5.65. The summed E-state index contributed by atoms with van der Waals surface area (Å²) in [5, 5.41) is 18.9. The molecule has 5 rings (SSSR count). The van der Waals surface area contributed by atoms with Crippen molar-refractivity contribution in [2.24, 2.45) is 0 Å². The van der Waals surface area contributed by atoms with E-state index in [0.29, 0.717) is 36.5 Å². The molecule has 1 aromatic heterocycles. The van der Waals surface area contributed by atoms with E-state index in [1.165, 1.54) is 0 Å². The minimum absolute atomic E-state index is 0.0916. The van der Waals surface area contributed by atoms with Gasteiger partial charge in [-0.15, -0.1) is 0 Å². The predicted octanol–water partition coefficient (Wildman–Crippen LogP) is 9.23. The summed E-state index contributed by atoms with van der Waals surface area (Å²) in [5.41, 5.74) is 7.40. The van der Waals surface area contributed by atoms with E-state index in [0.717, 1.165) is 38.9 Å². The second kappa shape index (κ2) is 15.8. The van der Waals surface area contributed by atoms with E-state index in [1.807, 2.05) is 81.4 Å².